The van der Waals surface area contributed by atoms with Gasteiger partial charge in [0.2, 0.25) is 0 Å². The Hall–Kier alpha value is -1.33. The van der Waals surface area contributed by atoms with Gasteiger partial charge in [-0.3, -0.25) is 4.99 Å². The molecule has 6 atom stereocenters. The number of fused-ring (bicyclic) bond motifs is 1. The minimum Gasteiger partial charge on any atom is -0.388 e. The fourth-order valence-electron chi connectivity index (χ4n) is 2.89. The van der Waals surface area contributed by atoms with Crippen molar-refractivity contribution in [2.75, 3.05) is 7.05 Å². The molecule has 10 heteroatoms. The van der Waals surface area contributed by atoms with Crippen molar-refractivity contribution in [3.05, 3.63) is 35.9 Å². The molecular formula is C16H19F3N2O4S. The van der Waals surface area contributed by atoms with Gasteiger partial charge in [0, 0.05) is 7.05 Å². The van der Waals surface area contributed by atoms with E-state index >= 15 is 0 Å². The Labute approximate surface area is 152 Å². The van der Waals surface area contributed by atoms with Crippen LogP contribution in [0, 0.1) is 0 Å². The summed E-state index contributed by atoms with van der Waals surface area (Å²) in [6, 6.07) is 7.55. The van der Waals surface area contributed by atoms with Crippen molar-refractivity contribution in [1.29, 1.82) is 0 Å². The number of nitrogens with zero attached hydrogens (tertiary/aromatic N) is 1. The summed E-state index contributed by atoms with van der Waals surface area (Å²) >= 11 is 1.07. The van der Waals surface area contributed by atoms with Gasteiger partial charge in [-0.2, -0.15) is 13.2 Å². The number of thioether (sulfide) groups is 1. The van der Waals surface area contributed by atoms with E-state index in [0.717, 1.165) is 11.8 Å². The van der Waals surface area contributed by atoms with Gasteiger partial charge < -0.3 is 25.0 Å². The molecule has 0 aromatic heterocycles. The van der Waals surface area contributed by atoms with Gasteiger partial charge in [-0.25, -0.2) is 0 Å². The number of hydrogen-bond donors (Lipinski definition) is 3. The summed E-state index contributed by atoms with van der Waals surface area (Å²) in [5.41, 5.74) is -0.271. The van der Waals surface area contributed by atoms with Crippen molar-refractivity contribution < 1.29 is 32.9 Å². The van der Waals surface area contributed by atoms with Crippen molar-refractivity contribution in [3.63, 3.8) is 0 Å². The third kappa shape index (κ3) is 3.99. The molecule has 2 aliphatic rings. The average Bonchev–Trinajstić information content (AvgIpc) is 3.02. The van der Waals surface area contributed by atoms with Crippen LogP contribution in [0.3, 0.4) is 0 Å². The van der Waals surface area contributed by atoms with Crippen LogP contribution >= 0.6 is 11.8 Å². The van der Waals surface area contributed by atoms with Crippen molar-refractivity contribution >= 4 is 16.9 Å². The molecule has 1 saturated heterocycles. The Kier molecular flexibility index (Phi) is 5.78. The molecule has 2 heterocycles. The van der Waals surface area contributed by atoms with E-state index in [4.69, 9.17) is 9.47 Å². The Morgan fingerprint density at radius 2 is 1.96 bits per heavy atom. The summed E-state index contributed by atoms with van der Waals surface area (Å²) in [7, 11) is 1.60. The third-order valence-electron chi connectivity index (χ3n) is 4.21. The number of benzene rings is 1. The second-order valence-electron chi connectivity index (χ2n) is 6.00. The first-order valence-electron chi connectivity index (χ1n) is 7.97. The molecule has 26 heavy (non-hydrogen) atoms. The van der Waals surface area contributed by atoms with Crippen LogP contribution in [0.25, 0.3) is 0 Å². The van der Waals surface area contributed by atoms with Crippen LogP contribution < -0.4 is 5.32 Å². The zero-order chi connectivity index (χ0) is 18.9. The van der Waals surface area contributed by atoms with Gasteiger partial charge in [0.05, 0.1) is 6.61 Å². The fraction of sp³-hybridized carbons (Fsp3) is 0.562. The van der Waals surface area contributed by atoms with Gasteiger partial charge >= 0.3 is 6.18 Å². The van der Waals surface area contributed by atoms with Gasteiger partial charge in [-0.05, 0) is 5.56 Å². The molecule has 0 spiro atoms. The molecule has 0 radical (unpaired) electrons. The molecule has 1 aromatic rings. The van der Waals surface area contributed by atoms with Crippen molar-refractivity contribution in [3.8, 4) is 0 Å². The number of amidine groups is 1. The normalized spacial score (nSPS) is 32.7. The summed E-state index contributed by atoms with van der Waals surface area (Å²) in [6.07, 6.45) is -12.2. The van der Waals surface area contributed by atoms with Crippen molar-refractivity contribution in [2.24, 2.45) is 4.99 Å². The Morgan fingerprint density at radius 3 is 2.58 bits per heavy atom. The smallest absolute Gasteiger partial charge is 0.388 e. The third-order valence-corrected chi connectivity index (χ3v) is 5.36. The number of hydrogen-bond acceptors (Lipinski definition) is 7. The zero-order valence-corrected chi connectivity index (χ0v) is 14.6. The molecule has 3 rings (SSSR count). The summed E-state index contributed by atoms with van der Waals surface area (Å²) in [5, 5.41) is 23.6. The van der Waals surface area contributed by atoms with E-state index in [2.05, 4.69) is 10.3 Å². The predicted octanol–water partition coefficient (Wildman–Crippen LogP) is 1.27. The van der Waals surface area contributed by atoms with Gasteiger partial charge in [0.1, 0.15) is 29.8 Å². The van der Waals surface area contributed by atoms with Crippen LogP contribution in [-0.2, 0) is 16.1 Å². The lowest BCUT2D eigenvalue weighted by molar-refractivity contribution is -0.286. The minimum absolute atomic E-state index is 0.298. The largest absolute Gasteiger partial charge is 0.417 e. The number of nitrogens with one attached hydrogen (secondary N) is 1. The molecule has 0 aliphatic carbocycles. The van der Waals surface area contributed by atoms with Crippen LogP contribution in [0.2, 0.25) is 0 Å². The maximum absolute atomic E-state index is 13.5. The van der Waals surface area contributed by atoms with E-state index < -0.39 is 42.1 Å². The van der Waals surface area contributed by atoms with E-state index in [0.29, 0.717) is 10.7 Å². The Bertz CT molecular complexity index is 646. The molecule has 2 aliphatic heterocycles. The van der Waals surface area contributed by atoms with Gasteiger partial charge in [0.15, 0.2) is 11.3 Å². The Morgan fingerprint density at radius 1 is 1.27 bits per heavy atom. The van der Waals surface area contributed by atoms with E-state index in [1.807, 2.05) is 0 Å². The predicted molar refractivity (Wildman–Crippen MR) is 89.6 cm³/mol. The highest BCUT2D eigenvalue weighted by Crippen LogP contribution is 2.40. The zero-order valence-electron chi connectivity index (χ0n) is 13.8. The number of alkyl halides is 3. The molecule has 3 N–H and O–H groups in total. The number of halogens is 3. The number of rotatable bonds is 4. The molecular weight excluding hydrogens is 373 g/mol. The van der Waals surface area contributed by atoms with Gasteiger partial charge in [-0.1, -0.05) is 42.1 Å². The first kappa shape index (κ1) is 19.4. The maximum atomic E-state index is 13.5. The lowest BCUT2D eigenvalue weighted by atomic mass is 9.94. The summed E-state index contributed by atoms with van der Waals surface area (Å²) < 4.78 is 51.2. The van der Waals surface area contributed by atoms with E-state index in [9.17, 15) is 23.4 Å². The molecule has 6 nitrogen and oxygen atoms in total. The molecule has 144 valence electrons. The first-order chi connectivity index (χ1) is 12.3. The van der Waals surface area contributed by atoms with Crippen LogP contribution in [0.5, 0.6) is 0 Å². The second kappa shape index (κ2) is 7.73. The quantitative estimate of drug-likeness (QED) is 0.716. The number of aliphatic hydroxyl groups is 2. The summed E-state index contributed by atoms with van der Waals surface area (Å²) in [4.78, 5) is 4.12. The van der Waals surface area contributed by atoms with Crippen LogP contribution in [0.15, 0.2) is 35.3 Å². The summed E-state index contributed by atoms with van der Waals surface area (Å²) in [5.74, 6) is 0. The van der Waals surface area contributed by atoms with Gasteiger partial charge in [0.25, 0.3) is 0 Å². The van der Waals surface area contributed by atoms with E-state index in [1.165, 1.54) is 0 Å². The highest BCUT2D eigenvalue weighted by Gasteiger charge is 2.57. The summed E-state index contributed by atoms with van der Waals surface area (Å²) in [6.45, 7) is -0.298. The molecule has 1 unspecified atom stereocenters. The topological polar surface area (TPSA) is 83.3 Å². The number of aliphatic hydroxyl groups excluding tert-OH is 2. The highest BCUT2D eigenvalue weighted by atomic mass is 32.2. The fourth-order valence-corrected chi connectivity index (χ4v) is 3.96. The highest BCUT2D eigenvalue weighted by molar-refractivity contribution is 8.14. The molecule has 1 fully saturated rings. The Balaban J connectivity index is 1.76. The SMILES string of the molecule is CNC1=N[C@@H]2[C@@H](O)[C@H](O)C([C@@H](OCc3ccccc3)C(F)(F)F)O[C@@H]2S1. The molecule has 0 bridgehead atoms. The standard InChI is InChI=1S/C16H19F3N2O4S/c1-20-15-21-9-10(22)11(23)12(25-14(9)26-15)13(16(17,18)19)24-7-8-5-3-2-4-6-8/h2-6,9-14,22-23H,7H2,1H3,(H,20,21)/t9-,10-,11+,12?,13-,14-/m1/s1. The van der Waals surface area contributed by atoms with Crippen LogP contribution in [0.1, 0.15) is 5.56 Å². The van der Waals surface area contributed by atoms with Crippen LogP contribution in [0.4, 0.5) is 13.2 Å². The first-order valence-corrected chi connectivity index (χ1v) is 8.85. The molecule has 0 saturated carbocycles. The van der Waals surface area contributed by atoms with Crippen molar-refractivity contribution in [2.45, 2.75) is 48.7 Å². The second-order valence-corrected chi connectivity index (χ2v) is 7.09. The lowest BCUT2D eigenvalue weighted by Gasteiger charge is -2.41. The van der Waals surface area contributed by atoms with Crippen LogP contribution in [-0.4, -0.2) is 64.5 Å². The van der Waals surface area contributed by atoms with E-state index in [1.54, 1.807) is 37.4 Å². The lowest BCUT2D eigenvalue weighted by Crippen LogP contribution is -2.61. The van der Waals surface area contributed by atoms with Gasteiger partial charge in [-0.15, -0.1) is 0 Å². The monoisotopic (exact) mass is 392 g/mol. The maximum Gasteiger partial charge on any atom is 0.417 e. The van der Waals surface area contributed by atoms with Crippen molar-refractivity contribution in [1.82, 2.24) is 5.32 Å². The molecule has 1 aromatic carbocycles. The minimum atomic E-state index is -4.77. The average molecular weight is 392 g/mol. The molecule has 0 amide bonds. The van der Waals surface area contributed by atoms with E-state index in [-0.39, 0.29) is 6.61 Å². The number of ether oxygens (including phenoxy) is 2. The number of aliphatic imine (C=N–C) groups is 1.